The number of amides is 1. The molecule has 1 aliphatic heterocycles. The van der Waals surface area contributed by atoms with Crippen molar-refractivity contribution in [1.29, 1.82) is 0 Å². The maximum absolute atomic E-state index is 12.3. The minimum absolute atomic E-state index is 0.0533. The van der Waals surface area contributed by atoms with Crippen LogP contribution in [-0.4, -0.2) is 23.1 Å². The van der Waals surface area contributed by atoms with Crippen molar-refractivity contribution in [2.45, 2.75) is 25.8 Å². The molecule has 1 fully saturated rings. The van der Waals surface area contributed by atoms with E-state index in [-0.39, 0.29) is 17.2 Å². The molecule has 3 N–H and O–H groups in total. The molecule has 0 saturated carbocycles. The van der Waals surface area contributed by atoms with Crippen molar-refractivity contribution in [2.24, 2.45) is 0 Å². The van der Waals surface area contributed by atoms with Gasteiger partial charge in [0.25, 0.3) is 5.91 Å². The Morgan fingerprint density at radius 2 is 2.04 bits per heavy atom. The zero-order valence-electron chi connectivity index (χ0n) is 15.1. The lowest BCUT2D eigenvalue weighted by Crippen LogP contribution is -2.30. The van der Waals surface area contributed by atoms with E-state index in [1.165, 1.54) is 17.3 Å². The molecule has 2 aromatic carbocycles. The number of phenolic OH excluding ortho intramolecular Hbond substituents is 1. The van der Waals surface area contributed by atoms with Crippen LogP contribution in [0, 0.1) is 0 Å². The molecule has 0 radical (unpaired) electrons. The number of aryl methyl sites for hydroxylation is 1. The Labute approximate surface area is 171 Å². The molecule has 2 aromatic rings. The van der Waals surface area contributed by atoms with E-state index in [9.17, 15) is 9.90 Å². The molecule has 1 heterocycles. The molecule has 1 amide bonds. The second-order valence-corrected chi connectivity index (χ2v) is 7.96. The number of aromatic hydroxyl groups is 1. The van der Waals surface area contributed by atoms with Crippen molar-refractivity contribution in [3.63, 3.8) is 0 Å². The van der Waals surface area contributed by atoms with Gasteiger partial charge in [0.2, 0.25) is 0 Å². The van der Waals surface area contributed by atoms with Gasteiger partial charge in [-0.1, -0.05) is 30.8 Å². The summed E-state index contributed by atoms with van der Waals surface area (Å²) in [5.74, 6) is 0.301. The zero-order chi connectivity index (χ0) is 19.4. The number of halogens is 1. The van der Waals surface area contributed by atoms with Crippen molar-refractivity contribution in [1.82, 2.24) is 5.32 Å². The highest BCUT2D eigenvalue weighted by molar-refractivity contribution is 9.10. The molecule has 1 saturated heterocycles. The molecule has 27 heavy (non-hydrogen) atoms. The molecule has 0 aromatic heterocycles. The van der Waals surface area contributed by atoms with Gasteiger partial charge in [0, 0.05) is 5.69 Å². The van der Waals surface area contributed by atoms with Crippen molar-refractivity contribution < 1.29 is 14.6 Å². The van der Waals surface area contributed by atoms with E-state index in [0.717, 1.165) is 17.7 Å². The number of nitrogens with one attached hydrogen (secondary N) is 2. The molecular formula is C20H21BrN2O3S. The number of rotatable bonds is 6. The highest BCUT2D eigenvalue weighted by Gasteiger charge is 2.27. The van der Waals surface area contributed by atoms with Crippen LogP contribution in [0.2, 0.25) is 0 Å². The lowest BCUT2D eigenvalue weighted by molar-refractivity contribution is -0.116. The molecule has 5 nitrogen and oxygen atoms in total. The number of thioether (sulfide) groups is 1. The second kappa shape index (κ2) is 8.71. The van der Waals surface area contributed by atoms with Gasteiger partial charge in [-0.3, -0.25) is 4.79 Å². The monoisotopic (exact) mass is 448 g/mol. The molecule has 1 aliphatic rings. The third-order valence-electron chi connectivity index (χ3n) is 4.04. The number of benzene rings is 2. The quantitative estimate of drug-likeness (QED) is 0.557. The van der Waals surface area contributed by atoms with Gasteiger partial charge in [-0.25, -0.2) is 0 Å². The summed E-state index contributed by atoms with van der Waals surface area (Å²) in [7, 11) is 0. The molecule has 7 heteroatoms. The Morgan fingerprint density at radius 1 is 1.30 bits per heavy atom. The van der Waals surface area contributed by atoms with E-state index in [1.54, 1.807) is 18.2 Å². The van der Waals surface area contributed by atoms with Crippen LogP contribution < -0.4 is 15.4 Å². The SMILES string of the molecule is CCOc1cc(/C=C2/S[C@@H](Nc3ccc(CC)cc3)NC2=O)cc(Br)c1O. The first-order valence-corrected chi connectivity index (χ1v) is 10.4. The Hall–Kier alpha value is -2.12. The highest BCUT2D eigenvalue weighted by atomic mass is 79.9. The molecule has 0 bridgehead atoms. The van der Waals surface area contributed by atoms with Crippen molar-refractivity contribution in [3.05, 3.63) is 56.9 Å². The third-order valence-corrected chi connectivity index (χ3v) is 5.67. The van der Waals surface area contributed by atoms with Crippen LogP contribution >= 0.6 is 27.7 Å². The standard InChI is InChI=1S/C20H21BrN2O3S/c1-3-12-5-7-14(8-6-12)22-20-23-19(25)17(27-20)11-13-9-15(21)18(24)16(10-13)26-4-2/h5-11,20,22,24H,3-4H2,1-2H3,(H,23,25)/b17-11+/t20-/m0/s1. The molecule has 0 unspecified atom stereocenters. The van der Waals surface area contributed by atoms with Crippen LogP contribution in [0.15, 0.2) is 45.8 Å². The molecule has 142 valence electrons. The molecular weight excluding hydrogens is 428 g/mol. The first kappa shape index (κ1) is 19.6. The third kappa shape index (κ3) is 4.78. The summed E-state index contributed by atoms with van der Waals surface area (Å²) < 4.78 is 5.96. The van der Waals surface area contributed by atoms with Gasteiger partial charge in [0.15, 0.2) is 17.0 Å². The fourth-order valence-corrected chi connectivity index (χ4v) is 4.09. The van der Waals surface area contributed by atoms with Gasteiger partial charge < -0.3 is 20.5 Å². The van der Waals surface area contributed by atoms with Gasteiger partial charge in [-0.2, -0.15) is 0 Å². The average Bonchev–Trinajstić information content (AvgIpc) is 2.99. The lowest BCUT2D eigenvalue weighted by Gasteiger charge is -2.13. The Morgan fingerprint density at radius 3 is 2.70 bits per heavy atom. The Balaban J connectivity index is 1.74. The van der Waals surface area contributed by atoms with Crippen molar-refractivity contribution in [3.8, 4) is 11.5 Å². The molecule has 3 rings (SSSR count). The predicted octanol–water partition coefficient (Wildman–Crippen LogP) is 4.72. The van der Waals surface area contributed by atoms with Crippen molar-refractivity contribution >= 4 is 45.4 Å². The summed E-state index contributed by atoms with van der Waals surface area (Å²) in [5.41, 5.74) is 2.77. The van der Waals surface area contributed by atoms with Crippen molar-refractivity contribution in [2.75, 3.05) is 11.9 Å². The van der Waals surface area contributed by atoms with Crippen LogP contribution in [0.3, 0.4) is 0 Å². The smallest absolute Gasteiger partial charge is 0.260 e. The summed E-state index contributed by atoms with van der Waals surface area (Å²) in [6.45, 7) is 4.41. The number of phenols is 1. The van der Waals surface area contributed by atoms with Gasteiger partial charge in [-0.05, 0) is 70.7 Å². The van der Waals surface area contributed by atoms with E-state index >= 15 is 0 Å². The average molecular weight is 449 g/mol. The van der Waals surface area contributed by atoms with E-state index in [1.807, 2.05) is 19.1 Å². The van der Waals surface area contributed by atoms with Crippen LogP contribution in [-0.2, 0) is 11.2 Å². The van der Waals surface area contributed by atoms with Crippen LogP contribution in [0.5, 0.6) is 11.5 Å². The zero-order valence-corrected chi connectivity index (χ0v) is 17.5. The number of ether oxygens (including phenoxy) is 1. The minimum Gasteiger partial charge on any atom is -0.503 e. The Kier molecular flexibility index (Phi) is 6.34. The first-order chi connectivity index (χ1) is 13.0. The molecule has 0 spiro atoms. The summed E-state index contributed by atoms with van der Waals surface area (Å²) >= 11 is 4.74. The number of anilines is 1. The van der Waals surface area contributed by atoms with Gasteiger partial charge >= 0.3 is 0 Å². The molecule has 0 aliphatic carbocycles. The number of hydrogen-bond donors (Lipinski definition) is 3. The summed E-state index contributed by atoms with van der Waals surface area (Å²) in [6, 6.07) is 11.6. The summed E-state index contributed by atoms with van der Waals surface area (Å²) in [4.78, 5) is 12.9. The number of carbonyl (C=O) groups excluding carboxylic acids is 1. The predicted molar refractivity (Wildman–Crippen MR) is 114 cm³/mol. The highest BCUT2D eigenvalue weighted by Crippen LogP contribution is 2.37. The van der Waals surface area contributed by atoms with E-state index in [0.29, 0.717) is 21.7 Å². The van der Waals surface area contributed by atoms with Gasteiger partial charge in [-0.15, -0.1) is 0 Å². The maximum Gasteiger partial charge on any atom is 0.260 e. The normalized spacial score (nSPS) is 17.8. The topological polar surface area (TPSA) is 70.6 Å². The van der Waals surface area contributed by atoms with Gasteiger partial charge in [0.05, 0.1) is 16.0 Å². The van der Waals surface area contributed by atoms with Crippen LogP contribution in [0.4, 0.5) is 5.69 Å². The first-order valence-electron chi connectivity index (χ1n) is 8.70. The van der Waals surface area contributed by atoms with Crippen LogP contribution in [0.1, 0.15) is 25.0 Å². The van der Waals surface area contributed by atoms with Gasteiger partial charge in [0.1, 0.15) is 0 Å². The van der Waals surface area contributed by atoms with E-state index in [2.05, 4.69) is 45.6 Å². The second-order valence-electron chi connectivity index (χ2n) is 5.96. The summed E-state index contributed by atoms with van der Waals surface area (Å²) in [6.07, 6.45) is 2.78. The minimum atomic E-state index is -0.233. The fraction of sp³-hybridized carbons (Fsp3) is 0.250. The number of hydrogen-bond acceptors (Lipinski definition) is 5. The van der Waals surface area contributed by atoms with E-state index in [4.69, 9.17) is 4.74 Å². The Bertz CT molecular complexity index is 868. The molecule has 1 atom stereocenters. The summed E-state index contributed by atoms with van der Waals surface area (Å²) in [5, 5.41) is 16.2. The fourth-order valence-electron chi connectivity index (χ4n) is 2.65. The maximum atomic E-state index is 12.3. The van der Waals surface area contributed by atoms with Crippen LogP contribution in [0.25, 0.3) is 6.08 Å². The lowest BCUT2D eigenvalue weighted by atomic mass is 10.1. The number of carbonyl (C=O) groups is 1. The van der Waals surface area contributed by atoms with E-state index < -0.39 is 0 Å². The largest absolute Gasteiger partial charge is 0.503 e.